The fourth-order valence-electron chi connectivity index (χ4n) is 2.94. The Labute approximate surface area is 202 Å². The topological polar surface area (TPSA) is 84.3 Å². The number of aliphatic hydroxyl groups excluding tert-OH is 1. The van der Waals surface area contributed by atoms with Gasteiger partial charge in [-0.2, -0.15) is 0 Å². The fourth-order valence-corrected chi connectivity index (χ4v) is 2.94. The normalized spacial score (nSPS) is 10.8. The van der Waals surface area contributed by atoms with Gasteiger partial charge in [0, 0.05) is 13.1 Å². The van der Waals surface area contributed by atoms with Crippen molar-refractivity contribution in [2.75, 3.05) is 40.5 Å². The molecule has 2 aromatic rings. The molecule has 0 saturated carbocycles. The zero-order valence-corrected chi connectivity index (χ0v) is 21.1. The first kappa shape index (κ1) is 26.8. The second-order valence-corrected chi connectivity index (χ2v) is 6.73. The minimum atomic E-state index is -0.0394. The van der Waals surface area contributed by atoms with Gasteiger partial charge in [-0.1, -0.05) is 18.2 Å². The molecule has 2 rings (SSSR count). The van der Waals surface area contributed by atoms with Crippen LogP contribution in [0, 0.1) is 6.92 Å². The molecule has 0 saturated heterocycles. The van der Waals surface area contributed by atoms with E-state index < -0.39 is 0 Å². The largest absolute Gasteiger partial charge is 0.496 e. The van der Waals surface area contributed by atoms with Crippen LogP contribution >= 0.6 is 24.0 Å². The number of guanidine groups is 1. The molecule has 0 aromatic heterocycles. The van der Waals surface area contributed by atoms with Gasteiger partial charge in [0.2, 0.25) is 0 Å². The standard InChI is InChI=1S/C23H33N3O4.HI/c1-5-24-23(25-11-10-18-7-6-17(2)21(14-18)28-3)26-16-19-8-9-20(30-13-12-27)22(15-19)29-4;/h6-9,14-15,27H,5,10-13,16H2,1-4H3,(H2,24,25,26);1H. The maximum Gasteiger partial charge on any atom is 0.191 e. The first-order valence-corrected chi connectivity index (χ1v) is 10.2. The van der Waals surface area contributed by atoms with Gasteiger partial charge >= 0.3 is 0 Å². The van der Waals surface area contributed by atoms with Gasteiger partial charge in [-0.15, -0.1) is 24.0 Å². The van der Waals surface area contributed by atoms with Gasteiger partial charge in [0.05, 0.1) is 27.4 Å². The van der Waals surface area contributed by atoms with Crippen LogP contribution in [0.15, 0.2) is 41.4 Å². The van der Waals surface area contributed by atoms with E-state index in [1.165, 1.54) is 5.56 Å². The van der Waals surface area contributed by atoms with E-state index in [0.717, 1.165) is 42.3 Å². The van der Waals surface area contributed by atoms with Crippen LogP contribution in [0.1, 0.15) is 23.6 Å². The number of aliphatic hydroxyl groups is 1. The average Bonchev–Trinajstić information content (AvgIpc) is 2.77. The van der Waals surface area contributed by atoms with Crippen molar-refractivity contribution in [3.8, 4) is 17.2 Å². The monoisotopic (exact) mass is 543 g/mol. The van der Waals surface area contributed by atoms with Crippen molar-refractivity contribution in [1.29, 1.82) is 0 Å². The van der Waals surface area contributed by atoms with Crippen LogP contribution in [0.3, 0.4) is 0 Å². The third-order valence-electron chi connectivity index (χ3n) is 4.52. The molecule has 0 bridgehead atoms. The maximum absolute atomic E-state index is 8.92. The van der Waals surface area contributed by atoms with Gasteiger partial charge in [-0.3, -0.25) is 0 Å². The molecule has 0 aliphatic rings. The van der Waals surface area contributed by atoms with Crippen molar-refractivity contribution in [2.45, 2.75) is 26.8 Å². The Bertz CT molecular complexity index is 830. The van der Waals surface area contributed by atoms with Crippen molar-refractivity contribution in [2.24, 2.45) is 4.99 Å². The minimum absolute atomic E-state index is 0. The first-order chi connectivity index (χ1) is 14.6. The van der Waals surface area contributed by atoms with E-state index in [0.29, 0.717) is 18.0 Å². The number of methoxy groups -OCH3 is 2. The number of benzene rings is 2. The lowest BCUT2D eigenvalue weighted by Gasteiger charge is -2.13. The molecule has 0 aliphatic carbocycles. The summed E-state index contributed by atoms with van der Waals surface area (Å²) in [7, 11) is 3.29. The predicted molar refractivity (Wildman–Crippen MR) is 135 cm³/mol. The second-order valence-electron chi connectivity index (χ2n) is 6.73. The number of halogens is 1. The number of rotatable bonds is 11. The van der Waals surface area contributed by atoms with Gasteiger partial charge in [-0.05, 0) is 55.2 Å². The second kappa shape index (κ2) is 14.7. The molecular weight excluding hydrogens is 509 g/mol. The van der Waals surface area contributed by atoms with Gasteiger partial charge in [0.25, 0.3) is 0 Å². The Morgan fingerprint density at radius 1 is 0.968 bits per heavy atom. The van der Waals surface area contributed by atoms with E-state index >= 15 is 0 Å². The third kappa shape index (κ3) is 8.82. The lowest BCUT2D eigenvalue weighted by atomic mass is 10.1. The molecular formula is C23H34IN3O4. The smallest absolute Gasteiger partial charge is 0.191 e. The van der Waals surface area contributed by atoms with Gasteiger partial charge < -0.3 is 30.0 Å². The van der Waals surface area contributed by atoms with E-state index in [1.54, 1.807) is 14.2 Å². The molecule has 8 heteroatoms. The molecule has 0 aliphatic heterocycles. The Morgan fingerprint density at radius 3 is 2.35 bits per heavy atom. The van der Waals surface area contributed by atoms with Crippen molar-refractivity contribution < 1.29 is 19.3 Å². The number of hydrogen-bond donors (Lipinski definition) is 3. The van der Waals surface area contributed by atoms with E-state index in [2.05, 4.69) is 33.8 Å². The molecule has 7 nitrogen and oxygen atoms in total. The van der Waals surface area contributed by atoms with Crippen LogP contribution in [-0.2, 0) is 13.0 Å². The Kier molecular flexibility index (Phi) is 12.8. The Balaban J connectivity index is 0.00000480. The zero-order valence-electron chi connectivity index (χ0n) is 18.7. The highest BCUT2D eigenvalue weighted by atomic mass is 127. The Morgan fingerprint density at radius 2 is 1.68 bits per heavy atom. The summed E-state index contributed by atoms with van der Waals surface area (Å²) in [4.78, 5) is 4.66. The van der Waals surface area contributed by atoms with E-state index in [4.69, 9.17) is 19.3 Å². The maximum atomic E-state index is 8.92. The number of aliphatic imine (C=N–C) groups is 1. The number of ether oxygens (including phenoxy) is 3. The van der Waals surface area contributed by atoms with Crippen molar-refractivity contribution in [3.63, 3.8) is 0 Å². The number of nitrogens with one attached hydrogen (secondary N) is 2. The molecule has 0 radical (unpaired) electrons. The fraction of sp³-hybridized carbons (Fsp3) is 0.435. The molecule has 31 heavy (non-hydrogen) atoms. The number of hydrogen-bond acceptors (Lipinski definition) is 5. The predicted octanol–water partition coefficient (Wildman–Crippen LogP) is 3.30. The van der Waals surface area contributed by atoms with Crippen LogP contribution in [0.5, 0.6) is 17.2 Å². The Hall–Kier alpha value is -2.20. The number of aryl methyl sites for hydroxylation is 1. The quantitative estimate of drug-likeness (QED) is 0.229. The number of nitrogens with zero attached hydrogens (tertiary/aromatic N) is 1. The summed E-state index contributed by atoms with van der Waals surface area (Å²) < 4.78 is 16.3. The highest BCUT2D eigenvalue weighted by Crippen LogP contribution is 2.28. The first-order valence-electron chi connectivity index (χ1n) is 10.2. The van der Waals surface area contributed by atoms with Crippen LogP contribution in [0.25, 0.3) is 0 Å². The van der Waals surface area contributed by atoms with Crippen LogP contribution in [0.2, 0.25) is 0 Å². The summed E-state index contributed by atoms with van der Waals surface area (Å²) in [5, 5.41) is 15.6. The molecule has 0 amide bonds. The van der Waals surface area contributed by atoms with Gasteiger partial charge in [-0.25, -0.2) is 4.99 Å². The molecule has 172 valence electrons. The van der Waals surface area contributed by atoms with Crippen LogP contribution < -0.4 is 24.8 Å². The average molecular weight is 543 g/mol. The summed E-state index contributed by atoms with van der Waals surface area (Å²) in [6, 6.07) is 12.0. The highest BCUT2D eigenvalue weighted by Gasteiger charge is 2.06. The van der Waals surface area contributed by atoms with Crippen molar-refractivity contribution in [3.05, 3.63) is 53.1 Å². The van der Waals surface area contributed by atoms with Crippen LogP contribution in [0.4, 0.5) is 0 Å². The van der Waals surface area contributed by atoms with Crippen molar-refractivity contribution >= 4 is 29.9 Å². The minimum Gasteiger partial charge on any atom is -0.496 e. The molecule has 2 aromatic carbocycles. The van der Waals surface area contributed by atoms with Gasteiger partial charge in [0.1, 0.15) is 12.4 Å². The van der Waals surface area contributed by atoms with Crippen LogP contribution in [-0.4, -0.2) is 51.6 Å². The molecule has 3 N–H and O–H groups in total. The highest BCUT2D eigenvalue weighted by molar-refractivity contribution is 14.0. The van der Waals surface area contributed by atoms with E-state index in [1.807, 2.05) is 32.0 Å². The molecule has 0 atom stereocenters. The molecule has 0 unspecified atom stereocenters. The lowest BCUT2D eigenvalue weighted by molar-refractivity contribution is 0.196. The molecule has 0 heterocycles. The summed E-state index contributed by atoms with van der Waals surface area (Å²) >= 11 is 0. The van der Waals surface area contributed by atoms with E-state index in [9.17, 15) is 0 Å². The summed E-state index contributed by atoms with van der Waals surface area (Å²) in [5.74, 6) is 2.91. The van der Waals surface area contributed by atoms with E-state index in [-0.39, 0.29) is 37.2 Å². The van der Waals surface area contributed by atoms with Gasteiger partial charge in [0.15, 0.2) is 17.5 Å². The molecule has 0 fully saturated rings. The third-order valence-corrected chi connectivity index (χ3v) is 4.52. The van der Waals surface area contributed by atoms with Crippen molar-refractivity contribution in [1.82, 2.24) is 10.6 Å². The molecule has 0 spiro atoms. The lowest BCUT2D eigenvalue weighted by Crippen LogP contribution is -2.38. The summed E-state index contributed by atoms with van der Waals surface area (Å²) in [6.45, 7) is 6.31. The SMILES string of the molecule is CCNC(=NCc1ccc(OCCO)c(OC)c1)NCCc1ccc(C)c(OC)c1.I. The summed E-state index contributed by atoms with van der Waals surface area (Å²) in [6.07, 6.45) is 0.867. The summed E-state index contributed by atoms with van der Waals surface area (Å²) in [5.41, 5.74) is 3.35. The zero-order chi connectivity index (χ0) is 21.8.